The zero-order valence-corrected chi connectivity index (χ0v) is 34.3. The standard InChI is InChI=1S/C57H59N3O/c1-36(2)39-25-26-50(46(32-39)38-21-16-13-17-22-38)60-51-24-18-23-45(52(51)59-54(60)47-34-44(56(6,7)8)35-48(53(47)61)57(9,10)11)41-29-42(31-43(30-41)55(3,4)5)49-33-40(27-28-58-49)37-19-14-12-15-20-37/h12-36,61H,1-11H3/i6D3,7D3,8D3,9D3,10D3,11D3,12D,14D,15D,19D,20D,36D. The van der Waals surface area contributed by atoms with E-state index in [-0.39, 0.29) is 33.9 Å². The number of aromatic nitrogens is 3. The molecule has 4 heteroatoms. The van der Waals surface area contributed by atoms with Gasteiger partial charge in [-0.3, -0.25) is 9.55 Å². The maximum Gasteiger partial charge on any atom is 0.149 e. The number of benzene rings is 6. The van der Waals surface area contributed by atoms with Gasteiger partial charge in [-0.1, -0.05) is 167 Å². The van der Waals surface area contributed by atoms with E-state index < -0.39 is 122 Å². The second-order valence-corrected chi connectivity index (χ2v) is 16.4. The van der Waals surface area contributed by atoms with Gasteiger partial charge in [0.1, 0.15) is 11.6 Å². The summed E-state index contributed by atoms with van der Waals surface area (Å²) in [5.41, 5.74) is -8.41. The quantitative estimate of drug-likeness (QED) is 0.174. The molecule has 0 saturated heterocycles. The number of hydrogen-bond acceptors (Lipinski definition) is 3. The summed E-state index contributed by atoms with van der Waals surface area (Å²) in [6.07, 6.45) is 1.43. The second kappa shape index (κ2) is 15.6. The van der Waals surface area contributed by atoms with Gasteiger partial charge in [-0.15, -0.1) is 0 Å². The van der Waals surface area contributed by atoms with Gasteiger partial charge in [0, 0.05) is 54.5 Å². The highest BCUT2D eigenvalue weighted by molar-refractivity contribution is 5.98. The molecular formula is C57H59N3O. The summed E-state index contributed by atoms with van der Waals surface area (Å²) in [4.78, 5) is 9.78. The number of hydrogen-bond donors (Lipinski definition) is 1. The van der Waals surface area contributed by atoms with Crippen LogP contribution in [0.1, 0.15) is 137 Å². The minimum Gasteiger partial charge on any atom is -0.507 e. The monoisotopic (exact) mass is 826 g/mol. The van der Waals surface area contributed by atoms with E-state index in [9.17, 15) is 5.11 Å². The van der Waals surface area contributed by atoms with Crippen molar-refractivity contribution in [3.8, 4) is 67.5 Å². The Morgan fingerprint density at radius 1 is 0.623 bits per heavy atom. The minimum atomic E-state index is -4.21. The van der Waals surface area contributed by atoms with E-state index in [1.165, 1.54) is 16.8 Å². The number of rotatable bonds is 7. The highest BCUT2D eigenvalue weighted by Gasteiger charge is 2.29. The van der Waals surface area contributed by atoms with E-state index in [0.29, 0.717) is 50.7 Å². The fraction of sp³-hybridized carbons (Fsp3) is 0.263. The van der Waals surface area contributed by atoms with Crippen molar-refractivity contribution in [3.05, 3.63) is 168 Å². The molecule has 0 aliphatic carbocycles. The van der Waals surface area contributed by atoms with Crippen LogP contribution in [0.25, 0.3) is 72.7 Å². The summed E-state index contributed by atoms with van der Waals surface area (Å²) < 4.78 is 211. The molecule has 0 fully saturated rings. The highest BCUT2D eigenvalue weighted by atomic mass is 16.3. The van der Waals surface area contributed by atoms with Crippen molar-refractivity contribution in [2.75, 3.05) is 0 Å². The first kappa shape index (κ1) is 21.5. The van der Waals surface area contributed by atoms with Crippen LogP contribution in [0, 0.1) is 0 Å². The Bertz CT molecular complexity index is 3810. The van der Waals surface area contributed by atoms with Gasteiger partial charge in [0.25, 0.3) is 0 Å². The molecule has 8 rings (SSSR count). The van der Waals surface area contributed by atoms with Gasteiger partial charge in [-0.2, -0.15) is 0 Å². The number of fused-ring (bicyclic) bond motifs is 1. The molecule has 0 aliphatic heterocycles. The number of phenols is 1. The lowest BCUT2D eigenvalue weighted by Gasteiger charge is -2.27. The summed E-state index contributed by atoms with van der Waals surface area (Å²) in [6.45, 7) is -15.8. The van der Waals surface area contributed by atoms with Gasteiger partial charge < -0.3 is 5.11 Å². The zero-order valence-electron chi connectivity index (χ0n) is 58.3. The molecule has 308 valence electrons. The predicted molar refractivity (Wildman–Crippen MR) is 258 cm³/mol. The molecule has 6 aromatic carbocycles. The van der Waals surface area contributed by atoms with Crippen LogP contribution in [0.2, 0.25) is 0 Å². The summed E-state index contributed by atoms with van der Waals surface area (Å²) in [6, 6.07) is 25.4. The van der Waals surface area contributed by atoms with E-state index in [1.54, 1.807) is 92.7 Å². The second-order valence-electron chi connectivity index (χ2n) is 16.4. The Hall–Kier alpha value is -6.26. The third-order valence-electron chi connectivity index (χ3n) is 10.7. The SMILES string of the molecule is [2H]c1c([2H])c([2H])c(-c2ccnc(-c3cc(-c4cccc5c4nc(-c4cc(C(C([2H])([2H])[2H])(C([2H])([2H])[2H])C([2H])([2H])[2H])cc(C(C([2H])([2H])[2H])(C([2H])([2H])[2H])C([2H])([2H])[2H])c4O)n5-c4ccc(C([2H])(C)C)cc4-c4ccccc4)cc(C(C)(C)C)c3)c2)c([2H])c1[2H]. The van der Waals surface area contributed by atoms with E-state index >= 15 is 0 Å². The average Bonchev–Trinajstić information content (AvgIpc) is 1.09. The third-order valence-corrected chi connectivity index (χ3v) is 10.7. The Morgan fingerprint density at radius 2 is 1.34 bits per heavy atom. The molecule has 4 nitrogen and oxygen atoms in total. The molecule has 0 unspecified atom stereocenters. The molecule has 0 spiro atoms. The summed E-state index contributed by atoms with van der Waals surface area (Å²) in [5.74, 6) is -3.20. The lowest BCUT2D eigenvalue weighted by molar-refractivity contribution is 0.446. The summed E-state index contributed by atoms with van der Waals surface area (Å²) >= 11 is 0. The van der Waals surface area contributed by atoms with Gasteiger partial charge in [-0.25, -0.2) is 4.98 Å². The van der Waals surface area contributed by atoms with Gasteiger partial charge in [0.2, 0.25) is 0 Å². The lowest BCUT2D eigenvalue weighted by Crippen LogP contribution is -2.17. The van der Waals surface area contributed by atoms with Crippen molar-refractivity contribution in [2.45, 2.75) is 97.9 Å². The molecule has 0 amide bonds. The van der Waals surface area contributed by atoms with E-state index in [1.807, 2.05) is 32.9 Å². The smallest absolute Gasteiger partial charge is 0.149 e. The number of phenolic OH excluding ortho intramolecular Hbond substituents is 1. The lowest BCUT2D eigenvalue weighted by atomic mass is 9.79. The number of imidazole rings is 1. The molecule has 0 radical (unpaired) electrons. The van der Waals surface area contributed by atoms with Crippen molar-refractivity contribution in [2.24, 2.45) is 0 Å². The van der Waals surface area contributed by atoms with Crippen LogP contribution >= 0.6 is 0 Å². The van der Waals surface area contributed by atoms with Crippen LogP contribution in [-0.2, 0) is 16.2 Å². The van der Waals surface area contributed by atoms with Crippen molar-refractivity contribution in [1.82, 2.24) is 14.5 Å². The predicted octanol–water partition coefficient (Wildman–Crippen LogP) is 15.5. The Labute approximate surface area is 396 Å². The van der Waals surface area contributed by atoms with Crippen molar-refractivity contribution >= 4 is 11.0 Å². The first-order chi connectivity index (χ1) is 38.8. The Morgan fingerprint density at radius 3 is 2.05 bits per heavy atom. The normalized spacial score (nSPS) is 19.6. The van der Waals surface area contributed by atoms with Gasteiger partial charge in [-0.05, 0) is 110 Å². The van der Waals surface area contributed by atoms with Gasteiger partial charge in [0.05, 0.1) is 34.8 Å². The average molecular weight is 826 g/mol. The van der Waals surface area contributed by atoms with Crippen molar-refractivity contribution in [3.63, 3.8) is 0 Å². The zero-order chi connectivity index (χ0) is 63.7. The van der Waals surface area contributed by atoms with Crippen LogP contribution in [-0.4, -0.2) is 19.6 Å². The molecular weight excluding hydrogens is 743 g/mol. The molecule has 0 aliphatic rings. The van der Waals surface area contributed by atoms with Gasteiger partial charge >= 0.3 is 0 Å². The molecule has 61 heavy (non-hydrogen) atoms. The van der Waals surface area contributed by atoms with Crippen molar-refractivity contribution in [1.29, 1.82) is 0 Å². The third kappa shape index (κ3) is 8.16. The Balaban J connectivity index is 1.62. The number of para-hydroxylation sites is 1. The maximum atomic E-state index is 13.0. The molecule has 2 aromatic heterocycles. The summed E-state index contributed by atoms with van der Waals surface area (Å²) in [7, 11) is 0. The summed E-state index contributed by atoms with van der Waals surface area (Å²) in [5, 5.41) is 13.0. The maximum absolute atomic E-state index is 13.0. The molecule has 0 saturated carbocycles. The van der Waals surface area contributed by atoms with Gasteiger partial charge in [0.15, 0.2) is 0 Å². The van der Waals surface area contributed by atoms with Crippen LogP contribution in [0.15, 0.2) is 146 Å². The fourth-order valence-corrected chi connectivity index (χ4v) is 7.46. The van der Waals surface area contributed by atoms with E-state index in [4.69, 9.17) is 37.9 Å². The van der Waals surface area contributed by atoms with E-state index in [2.05, 4.69) is 4.98 Å². The topological polar surface area (TPSA) is 50.9 Å². The number of nitrogens with zero attached hydrogens (tertiary/aromatic N) is 3. The molecule has 8 aromatic rings. The van der Waals surface area contributed by atoms with Crippen LogP contribution in [0.5, 0.6) is 5.75 Å². The first-order valence-electron chi connectivity index (χ1n) is 31.6. The first-order valence-corrected chi connectivity index (χ1v) is 19.6. The molecule has 0 bridgehead atoms. The Kier molecular flexibility index (Phi) is 5.52. The molecule has 2 heterocycles. The minimum absolute atomic E-state index is 0.0491. The van der Waals surface area contributed by atoms with Crippen LogP contribution in [0.4, 0.5) is 0 Å². The number of pyridine rings is 1. The molecule has 1 N–H and O–H groups in total. The van der Waals surface area contributed by atoms with Crippen LogP contribution in [0.3, 0.4) is 0 Å². The van der Waals surface area contributed by atoms with Crippen LogP contribution < -0.4 is 0 Å². The highest BCUT2D eigenvalue weighted by Crippen LogP contribution is 2.46. The van der Waals surface area contributed by atoms with Crippen molar-refractivity contribution < 1.29 is 38.0 Å². The largest absolute Gasteiger partial charge is 0.507 e. The van der Waals surface area contributed by atoms with E-state index in [0.717, 1.165) is 0 Å². The molecule has 0 atom stereocenters. The fourth-order valence-electron chi connectivity index (χ4n) is 7.46. The number of aromatic hydroxyl groups is 1.